The highest BCUT2D eigenvalue weighted by molar-refractivity contribution is 7.99. The predicted octanol–water partition coefficient (Wildman–Crippen LogP) is 4.93. The van der Waals surface area contributed by atoms with Gasteiger partial charge in [-0.25, -0.2) is 9.78 Å². The summed E-state index contributed by atoms with van der Waals surface area (Å²) in [6.45, 7) is 3.25. The Labute approximate surface area is 211 Å². The maximum Gasteiger partial charge on any atom is 0.379 e. The van der Waals surface area contributed by atoms with E-state index in [2.05, 4.69) is 10.3 Å². The van der Waals surface area contributed by atoms with Crippen LogP contribution in [0.25, 0.3) is 5.69 Å². The summed E-state index contributed by atoms with van der Waals surface area (Å²) in [5, 5.41) is 3.33. The molecule has 0 radical (unpaired) electrons. The molecule has 1 N–H and O–H groups in total. The van der Waals surface area contributed by atoms with Crippen LogP contribution in [0.3, 0.4) is 0 Å². The van der Waals surface area contributed by atoms with Gasteiger partial charge in [0, 0.05) is 18.3 Å². The SMILES string of the molecule is COc1ccc(-n2c(SCC(=O)Nc3ccc(OC(=O)c4ccco4)cc3)nc(C)c2C(C)=O)cc1. The molecule has 0 saturated carbocycles. The number of imidazole rings is 1. The molecule has 4 rings (SSSR count). The molecule has 0 saturated heterocycles. The first-order chi connectivity index (χ1) is 17.4. The second-order valence-electron chi connectivity index (χ2n) is 7.65. The van der Waals surface area contributed by atoms with E-state index in [0.29, 0.717) is 33.7 Å². The first kappa shape index (κ1) is 24.8. The normalized spacial score (nSPS) is 10.6. The number of Topliss-reactive ketones (excluding diaryl/α,β-unsaturated/α-hetero) is 1. The largest absolute Gasteiger partial charge is 0.497 e. The number of aryl methyl sites for hydroxylation is 1. The maximum absolute atomic E-state index is 12.6. The molecular weight excluding hydrogens is 482 g/mol. The molecule has 2 aromatic heterocycles. The van der Waals surface area contributed by atoms with Crippen LogP contribution in [0.5, 0.6) is 11.5 Å². The number of hydrogen-bond donors (Lipinski definition) is 1. The van der Waals surface area contributed by atoms with Crippen molar-refractivity contribution in [2.45, 2.75) is 19.0 Å². The number of nitrogens with one attached hydrogen (secondary N) is 1. The Morgan fingerprint density at radius 2 is 1.72 bits per heavy atom. The van der Waals surface area contributed by atoms with Crippen LogP contribution in [0.1, 0.15) is 33.7 Å². The lowest BCUT2D eigenvalue weighted by atomic mass is 10.2. The molecule has 2 heterocycles. The highest BCUT2D eigenvalue weighted by Crippen LogP contribution is 2.28. The van der Waals surface area contributed by atoms with E-state index < -0.39 is 5.97 Å². The zero-order valence-electron chi connectivity index (χ0n) is 19.8. The second-order valence-corrected chi connectivity index (χ2v) is 8.59. The average Bonchev–Trinajstić information content (AvgIpc) is 3.52. The molecule has 2 aromatic carbocycles. The monoisotopic (exact) mass is 505 g/mol. The number of anilines is 1. The number of benzene rings is 2. The molecular formula is C26H23N3O6S. The van der Waals surface area contributed by atoms with Crippen LogP contribution >= 0.6 is 11.8 Å². The number of carbonyl (C=O) groups excluding carboxylic acids is 3. The fraction of sp³-hybridized carbons (Fsp3) is 0.154. The number of hydrogen-bond acceptors (Lipinski definition) is 8. The zero-order chi connectivity index (χ0) is 25.7. The molecule has 0 aliphatic carbocycles. The Morgan fingerprint density at radius 1 is 1.03 bits per heavy atom. The molecule has 9 nitrogen and oxygen atoms in total. The number of carbonyl (C=O) groups is 3. The van der Waals surface area contributed by atoms with Crippen molar-refractivity contribution in [3.63, 3.8) is 0 Å². The number of aromatic nitrogens is 2. The van der Waals surface area contributed by atoms with Crippen LogP contribution in [0, 0.1) is 6.92 Å². The van der Waals surface area contributed by atoms with Crippen LogP contribution in [0.15, 0.2) is 76.5 Å². The van der Waals surface area contributed by atoms with Gasteiger partial charge in [-0.3, -0.25) is 14.2 Å². The van der Waals surface area contributed by atoms with Gasteiger partial charge in [0.2, 0.25) is 11.7 Å². The zero-order valence-corrected chi connectivity index (χ0v) is 20.6. The van der Waals surface area contributed by atoms with Gasteiger partial charge in [-0.05, 0) is 67.6 Å². The lowest BCUT2D eigenvalue weighted by Gasteiger charge is -2.11. The van der Waals surface area contributed by atoms with Crippen molar-refractivity contribution >= 4 is 35.1 Å². The molecule has 0 unspecified atom stereocenters. The third-order valence-electron chi connectivity index (χ3n) is 5.09. The van der Waals surface area contributed by atoms with E-state index in [9.17, 15) is 14.4 Å². The van der Waals surface area contributed by atoms with Gasteiger partial charge >= 0.3 is 5.97 Å². The number of amides is 1. The summed E-state index contributed by atoms with van der Waals surface area (Å²) >= 11 is 1.22. The van der Waals surface area contributed by atoms with Gasteiger partial charge < -0.3 is 19.2 Å². The fourth-order valence-electron chi connectivity index (χ4n) is 3.47. The van der Waals surface area contributed by atoms with Crippen molar-refractivity contribution in [3.8, 4) is 17.2 Å². The molecule has 10 heteroatoms. The van der Waals surface area contributed by atoms with Crippen molar-refractivity contribution < 1.29 is 28.3 Å². The number of thioether (sulfide) groups is 1. The van der Waals surface area contributed by atoms with Gasteiger partial charge in [0.05, 0.1) is 24.8 Å². The quantitative estimate of drug-likeness (QED) is 0.147. The van der Waals surface area contributed by atoms with Crippen molar-refractivity contribution in [1.82, 2.24) is 9.55 Å². The van der Waals surface area contributed by atoms with Gasteiger partial charge in [-0.2, -0.15) is 0 Å². The predicted molar refractivity (Wildman–Crippen MR) is 134 cm³/mol. The summed E-state index contributed by atoms with van der Waals surface area (Å²) in [5.41, 5.74) is 2.32. The minimum Gasteiger partial charge on any atom is -0.497 e. The number of rotatable bonds is 9. The molecule has 0 aliphatic heterocycles. The standard InChI is InChI=1S/C26H23N3O6S/c1-16-24(17(2)30)29(19-8-12-20(33-3)13-9-19)26(27-16)36-15-23(31)28-18-6-10-21(11-7-18)35-25(32)22-5-4-14-34-22/h4-14H,15H2,1-3H3,(H,28,31). The van der Waals surface area contributed by atoms with E-state index in [1.807, 2.05) is 12.1 Å². The third kappa shape index (κ3) is 5.66. The third-order valence-corrected chi connectivity index (χ3v) is 6.03. The average molecular weight is 506 g/mol. The van der Waals surface area contributed by atoms with Crippen LogP contribution in [0.2, 0.25) is 0 Å². The summed E-state index contributed by atoms with van der Waals surface area (Å²) < 4.78 is 17.2. The van der Waals surface area contributed by atoms with E-state index in [-0.39, 0.29) is 23.2 Å². The maximum atomic E-state index is 12.6. The summed E-state index contributed by atoms with van der Waals surface area (Å²) in [6.07, 6.45) is 1.39. The Balaban J connectivity index is 1.42. The first-order valence-electron chi connectivity index (χ1n) is 10.9. The number of nitrogens with zero attached hydrogens (tertiary/aromatic N) is 2. The van der Waals surface area contributed by atoms with Crippen molar-refractivity contribution in [1.29, 1.82) is 0 Å². The summed E-state index contributed by atoms with van der Waals surface area (Å²) in [5.74, 6) is 0.180. The summed E-state index contributed by atoms with van der Waals surface area (Å²) in [7, 11) is 1.58. The van der Waals surface area contributed by atoms with Gasteiger partial charge in [0.1, 0.15) is 17.2 Å². The minimum atomic E-state index is -0.610. The first-order valence-corrected chi connectivity index (χ1v) is 11.9. The number of methoxy groups -OCH3 is 1. The van der Waals surface area contributed by atoms with E-state index in [4.69, 9.17) is 13.9 Å². The van der Waals surface area contributed by atoms with Crippen molar-refractivity contribution in [2.75, 3.05) is 18.2 Å². The van der Waals surface area contributed by atoms with E-state index in [1.54, 1.807) is 61.1 Å². The minimum absolute atomic E-state index is 0.0686. The van der Waals surface area contributed by atoms with E-state index in [0.717, 1.165) is 5.69 Å². The highest BCUT2D eigenvalue weighted by atomic mass is 32.2. The molecule has 4 aromatic rings. The van der Waals surface area contributed by atoms with Crippen LogP contribution in [-0.2, 0) is 4.79 Å². The number of ketones is 1. The molecule has 0 fully saturated rings. The van der Waals surface area contributed by atoms with Crippen LogP contribution in [-0.4, -0.2) is 40.1 Å². The summed E-state index contributed by atoms with van der Waals surface area (Å²) in [6, 6.07) is 16.8. The van der Waals surface area contributed by atoms with Gasteiger partial charge in [0.15, 0.2) is 10.9 Å². The second kappa shape index (κ2) is 11.0. The molecule has 0 spiro atoms. The summed E-state index contributed by atoms with van der Waals surface area (Å²) in [4.78, 5) is 41.4. The number of furan rings is 1. The fourth-order valence-corrected chi connectivity index (χ4v) is 4.33. The van der Waals surface area contributed by atoms with Gasteiger partial charge in [-0.1, -0.05) is 11.8 Å². The highest BCUT2D eigenvalue weighted by Gasteiger charge is 2.20. The Hall–Kier alpha value is -4.31. The van der Waals surface area contributed by atoms with Crippen LogP contribution in [0.4, 0.5) is 5.69 Å². The lowest BCUT2D eigenvalue weighted by molar-refractivity contribution is -0.113. The Kier molecular flexibility index (Phi) is 7.55. The number of esters is 1. The molecule has 0 atom stereocenters. The molecule has 1 amide bonds. The molecule has 0 bridgehead atoms. The smallest absolute Gasteiger partial charge is 0.379 e. The van der Waals surface area contributed by atoms with E-state index >= 15 is 0 Å². The van der Waals surface area contributed by atoms with Gasteiger partial charge in [-0.15, -0.1) is 0 Å². The molecule has 36 heavy (non-hydrogen) atoms. The van der Waals surface area contributed by atoms with Crippen LogP contribution < -0.4 is 14.8 Å². The van der Waals surface area contributed by atoms with Gasteiger partial charge in [0.25, 0.3) is 0 Å². The topological polar surface area (TPSA) is 113 Å². The van der Waals surface area contributed by atoms with Crippen molar-refractivity contribution in [3.05, 3.63) is 84.1 Å². The number of ether oxygens (including phenoxy) is 2. The Morgan fingerprint density at radius 3 is 2.33 bits per heavy atom. The molecule has 0 aliphatic rings. The van der Waals surface area contributed by atoms with Crippen molar-refractivity contribution in [2.24, 2.45) is 0 Å². The van der Waals surface area contributed by atoms with E-state index in [1.165, 1.54) is 31.0 Å². The molecule has 184 valence electrons. The Bertz CT molecular complexity index is 1380. The lowest BCUT2D eigenvalue weighted by Crippen LogP contribution is -2.15.